The summed E-state index contributed by atoms with van der Waals surface area (Å²) in [6, 6.07) is 1.55. The predicted octanol–water partition coefficient (Wildman–Crippen LogP) is 1.52. The Bertz CT molecular complexity index is 479. The first kappa shape index (κ1) is 15.0. The second-order valence-corrected chi connectivity index (χ2v) is 5.35. The molecular formula is C13H19ClN4O2. The molecule has 2 rings (SSSR count). The number of nitrogen functional groups attached to an aromatic ring is 1. The summed E-state index contributed by atoms with van der Waals surface area (Å²) in [5.74, 6) is 6.18. The van der Waals surface area contributed by atoms with E-state index in [4.69, 9.17) is 22.2 Å². The Kier molecular flexibility index (Phi) is 5.17. The van der Waals surface area contributed by atoms with Crippen molar-refractivity contribution in [2.45, 2.75) is 12.8 Å². The number of amides is 1. The van der Waals surface area contributed by atoms with E-state index >= 15 is 0 Å². The number of carbonyl (C=O) groups is 1. The lowest BCUT2D eigenvalue weighted by Crippen LogP contribution is -2.30. The third-order valence-corrected chi connectivity index (χ3v) is 3.48. The quantitative estimate of drug-likeness (QED) is 0.453. The molecule has 1 heterocycles. The first-order valence-corrected chi connectivity index (χ1v) is 6.95. The zero-order chi connectivity index (χ0) is 14.5. The minimum absolute atomic E-state index is 0.141. The van der Waals surface area contributed by atoms with Gasteiger partial charge in [-0.2, -0.15) is 0 Å². The molecule has 1 aromatic rings. The zero-order valence-corrected chi connectivity index (χ0v) is 12.2. The normalized spacial score (nSPS) is 14.2. The smallest absolute Gasteiger partial charge is 0.255 e. The van der Waals surface area contributed by atoms with Gasteiger partial charge in [0.25, 0.3) is 5.91 Å². The van der Waals surface area contributed by atoms with Gasteiger partial charge < -0.3 is 15.1 Å². The van der Waals surface area contributed by atoms with Gasteiger partial charge in [-0.3, -0.25) is 4.79 Å². The first-order valence-electron chi connectivity index (χ1n) is 6.57. The summed E-state index contributed by atoms with van der Waals surface area (Å²) in [6.45, 7) is 1.88. The van der Waals surface area contributed by atoms with Crippen molar-refractivity contribution < 1.29 is 9.53 Å². The number of hydrogen-bond acceptors (Lipinski definition) is 5. The molecule has 0 unspecified atom stereocenters. The van der Waals surface area contributed by atoms with Crippen LogP contribution < -0.4 is 11.3 Å². The molecule has 0 saturated heterocycles. The van der Waals surface area contributed by atoms with Crippen molar-refractivity contribution >= 4 is 23.3 Å². The number of rotatable bonds is 7. The van der Waals surface area contributed by atoms with E-state index < -0.39 is 0 Å². The highest BCUT2D eigenvalue weighted by molar-refractivity contribution is 6.33. The Hall–Kier alpha value is -1.37. The average molecular weight is 299 g/mol. The van der Waals surface area contributed by atoms with Crippen LogP contribution in [0.5, 0.6) is 0 Å². The monoisotopic (exact) mass is 298 g/mol. The molecule has 110 valence electrons. The molecule has 1 amide bonds. The summed E-state index contributed by atoms with van der Waals surface area (Å²) in [7, 11) is 1.73. The zero-order valence-electron chi connectivity index (χ0n) is 11.4. The molecule has 3 N–H and O–H groups in total. The lowest BCUT2D eigenvalue weighted by molar-refractivity contribution is 0.0681. The van der Waals surface area contributed by atoms with Gasteiger partial charge in [-0.05, 0) is 24.8 Å². The molecule has 1 aliphatic rings. The van der Waals surface area contributed by atoms with Crippen molar-refractivity contribution in [3.05, 3.63) is 22.8 Å². The number of carbonyl (C=O) groups excluding carboxylic acids is 1. The van der Waals surface area contributed by atoms with Gasteiger partial charge in [-0.25, -0.2) is 10.8 Å². The largest absolute Gasteiger partial charge is 0.379 e. The maximum absolute atomic E-state index is 12.2. The van der Waals surface area contributed by atoms with Crippen LogP contribution in [-0.4, -0.2) is 42.6 Å². The number of halogens is 1. The number of nitrogens with one attached hydrogen (secondary N) is 1. The van der Waals surface area contributed by atoms with E-state index in [-0.39, 0.29) is 5.91 Å². The molecule has 1 aliphatic carbocycles. The van der Waals surface area contributed by atoms with E-state index in [9.17, 15) is 4.79 Å². The van der Waals surface area contributed by atoms with E-state index in [1.165, 1.54) is 19.0 Å². The fourth-order valence-electron chi connectivity index (χ4n) is 1.72. The molecule has 1 fully saturated rings. The van der Waals surface area contributed by atoms with Crippen molar-refractivity contribution in [2.24, 2.45) is 11.8 Å². The molecule has 0 aliphatic heterocycles. The molecule has 20 heavy (non-hydrogen) atoms. The Morgan fingerprint density at radius 2 is 2.40 bits per heavy atom. The van der Waals surface area contributed by atoms with Crippen LogP contribution in [0.4, 0.5) is 5.82 Å². The highest BCUT2D eigenvalue weighted by Crippen LogP contribution is 2.28. The van der Waals surface area contributed by atoms with Gasteiger partial charge in [0.15, 0.2) is 5.82 Å². The lowest BCUT2D eigenvalue weighted by Gasteiger charge is -2.17. The fraction of sp³-hybridized carbons (Fsp3) is 0.538. The molecule has 1 saturated carbocycles. The van der Waals surface area contributed by atoms with Crippen LogP contribution in [0.2, 0.25) is 5.02 Å². The predicted molar refractivity (Wildman–Crippen MR) is 77.6 cm³/mol. The van der Waals surface area contributed by atoms with Crippen LogP contribution in [0.1, 0.15) is 23.2 Å². The van der Waals surface area contributed by atoms with Crippen molar-refractivity contribution in [2.75, 3.05) is 32.2 Å². The highest BCUT2D eigenvalue weighted by atomic mass is 35.5. The molecule has 0 radical (unpaired) electrons. The van der Waals surface area contributed by atoms with Gasteiger partial charge in [-0.1, -0.05) is 11.6 Å². The number of pyridine rings is 1. The standard InChI is InChI=1S/C13H19ClN4O2/c1-18(4-5-20-8-9-2-3-9)13(19)10-6-11(14)12(17-15)16-7-10/h6-7,9H,2-5,8,15H2,1H3,(H,16,17). The van der Waals surface area contributed by atoms with Crippen LogP contribution in [0.15, 0.2) is 12.3 Å². The van der Waals surface area contributed by atoms with Crippen LogP contribution in [0, 0.1) is 5.92 Å². The first-order chi connectivity index (χ1) is 9.61. The van der Waals surface area contributed by atoms with E-state index in [1.807, 2.05) is 0 Å². The number of anilines is 1. The van der Waals surface area contributed by atoms with Gasteiger partial charge >= 0.3 is 0 Å². The fourth-order valence-corrected chi connectivity index (χ4v) is 1.94. The number of hydrogen-bond donors (Lipinski definition) is 2. The van der Waals surface area contributed by atoms with Gasteiger partial charge in [0.05, 0.1) is 17.2 Å². The van der Waals surface area contributed by atoms with Gasteiger partial charge in [0, 0.05) is 26.4 Å². The Balaban J connectivity index is 1.83. The summed E-state index contributed by atoms with van der Waals surface area (Å²) in [6.07, 6.45) is 3.98. The molecule has 0 spiro atoms. The molecule has 0 aromatic carbocycles. The third kappa shape index (κ3) is 4.06. The number of ether oxygens (including phenoxy) is 1. The Morgan fingerprint density at radius 1 is 1.65 bits per heavy atom. The van der Waals surface area contributed by atoms with Crippen LogP contribution in [-0.2, 0) is 4.74 Å². The molecule has 0 atom stereocenters. The number of aromatic nitrogens is 1. The van der Waals surface area contributed by atoms with Crippen molar-refractivity contribution in [1.29, 1.82) is 0 Å². The van der Waals surface area contributed by atoms with Gasteiger partial charge in [0.2, 0.25) is 0 Å². The second kappa shape index (κ2) is 6.88. The number of likely N-dealkylation sites (N-methyl/N-ethyl adjacent to an activating group) is 1. The van der Waals surface area contributed by atoms with Crippen molar-refractivity contribution in [3.8, 4) is 0 Å². The lowest BCUT2D eigenvalue weighted by atomic mass is 10.2. The molecular weight excluding hydrogens is 280 g/mol. The summed E-state index contributed by atoms with van der Waals surface area (Å²) >= 11 is 5.95. The van der Waals surface area contributed by atoms with Crippen LogP contribution in [0.25, 0.3) is 0 Å². The highest BCUT2D eigenvalue weighted by Gasteiger charge is 2.21. The number of hydrazine groups is 1. The topological polar surface area (TPSA) is 80.5 Å². The van der Waals surface area contributed by atoms with Crippen LogP contribution >= 0.6 is 11.6 Å². The summed E-state index contributed by atoms with van der Waals surface area (Å²) < 4.78 is 5.51. The van der Waals surface area contributed by atoms with Gasteiger partial charge in [0.1, 0.15) is 0 Å². The summed E-state index contributed by atoms with van der Waals surface area (Å²) in [4.78, 5) is 17.7. The maximum atomic E-state index is 12.2. The SMILES string of the molecule is CN(CCOCC1CC1)C(=O)c1cnc(NN)c(Cl)c1. The van der Waals surface area contributed by atoms with Crippen LogP contribution in [0.3, 0.4) is 0 Å². The van der Waals surface area contributed by atoms with E-state index in [1.54, 1.807) is 18.0 Å². The van der Waals surface area contributed by atoms with E-state index in [2.05, 4.69) is 10.4 Å². The molecule has 7 heteroatoms. The molecule has 6 nitrogen and oxygen atoms in total. The average Bonchev–Trinajstić information content (AvgIpc) is 3.26. The van der Waals surface area contributed by atoms with Crippen molar-refractivity contribution in [3.63, 3.8) is 0 Å². The minimum atomic E-state index is -0.141. The van der Waals surface area contributed by atoms with Crippen molar-refractivity contribution in [1.82, 2.24) is 9.88 Å². The number of nitrogens with two attached hydrogens (primary N) is 1. The number of nitrogens with zero attached hydrogens (tertiary/aromatic N) is 2. The Morgan fingerprint density at radius 3 is 3.00 bits per heavy atom. The summed E-state index contributed by atoms with van der Waals surface area (Å²) in [5, 5.41) is 0.316. The molecule has 0 bridgehead atoms. The second-order valence-electron chi connectivity index (χ2n) is 4.94. The van der Waals surface area contributed by atoms with E-state index in [0.29, 0.717) is 29.6 Å². The molecule has 1 aromatic heterocycles. The Labute approximate surface area is 123 Å². The van der Waals surface area contributed by atoms with Gasteiger partial charge in [-0.15, -0.1) is 0 Å². The maximum Gasteiger partial charge on any atom is 0.255 e. The van der Waals surface area contributed by atoms with E-state index in [0.717, 1.165) is 12.5 Å². The minimum Gasteiger partial charge on any atom is -0.379 e. The third-order valence-electron chi connectivity index (χ3n) is 3.19. The summed E-state index contributed by atoms with van der Waals surface area (Å²) in [5.41, 5.74) is 2.79.